The lowest BCUT2D eigenvalue weighted by atomic mass is 9.91. The Kier molecular flexibility index (Phi) is 7.33. The maximum atomic E-state index is 13.6. The number of nitrogens with zero attached hydrogens (tertiary/aromatic N) is 4. The lowest BCUT2D eigenvalue weighted by Gasteiger charge is -2.35. The van der Waals surface area contributed by atoms with E-state index in [1.807, 2.05) is 13.0 Å². The van der Waals surface area contributed by atoms with E-state index in [1.54, 1.807) is 31.3 Å². The molecule has 0 radical (unpaired) electrons. The van der Waals surface area contributed by atoms with Gasteiger partial charge >= 0.3 is 6.01 Å². The molecule has 35 heavy (non-hydrogen) atoms. The van der Waals surface area contributed by atoms with Gasteiger partial charge in [0.2, 0.25) is 12.2 Å². The first-order chi connectivity index (χ1) is 16.9. The van der Waals surface area contributed by atoms with Crippen LogP contribution < -0.4 is 10.1 Å². The van der Waals surface area contributed by atoms with Crippen LogP contribution in [-0.4, -0.2) is 52.2 Å². The first kappa shape index (κ1) is 24.3. The second kappa shape index (κ2) is 10.6. The molecule has 2 aromatic heterocycles. The molecule has 0 aliphatic carbocycles. The molecule has 1 amide bonds. The Morgan fingerprint density at radius 1 is 1.29 bits per heavy atom. The highest BCUT2D eigenvalue weighted by molar-refractivity contribution is 5.82. The largest absolute Gasteiger partial charge is 0.463 e. The first-order valence-electron chi connectivity index (χ1n) is 11.1. The molecule has 2 N–H and O–H groups in total. The predicted molar refractivity (Wildman–Crippen MR) is 122 cm³/mol. The number of nitrogens with one attached hydrogen (secondary N) is 2. The highest BCUT2D eigenvalue weighted by atomic mass is 19.1. The van der Waals surface area contributed by atoms with Crippen LogP contribution in [0.5, 0.6) is 6.01 Å². The Balaban J connectivity index is 1.63. The summed E-state index contributed by atoms with van der Waals surface area (Å²) in [6.07, 6.45) is 1.53. The van der Waals surface area contributed by atoms with Crippen LogP contribution in [0, 0.1) is 22.6 Å². The first-order valence-corrected chi connectivity index (χ1v) is 11.1. The number of H-pyrrole nitrogens is 1. The van der Waals surface area contributed by atoms with Crippen molar-refractivity contribution in [1.82, 2.24) is 25.3 Å². The van der Waals surface area contributed by atoms with E-state index in [0.29, 0.717) is 35.1 Å². The normalized spacial score (nSPS) is 19.7. The number of benzene rings is 1. The summed E-state index contributed by atoms with van der Waals surface area (Å²) in [6.45, 7) is 4.21. The molecule has 1 aliphatic heterocycles. The van der Waals surface area contributed by atoms with Gasteiger partial charge in [0.1, 0.15) is 12.4 Å². The summed E-state index contributed by atoms with van der Waals surface area (Å²) in [7, 11) is 0. The third-order valence-corrected chi connectivity index (χ3v) is 5.37. The number of aromatic nitrogens is 4. The molecule has 0 atom stereocenters. The number of ether oxygens (including phenoxy) is 3. The van der Waals surface area contributed by atoms with Crippen molar-refractivity contribution < 1.29 is 23.4 Å². The molecule has 0 unspecified atom stereocenters. The summed E-state index contributed by atoms with van der Waals surface area (Å²) in [6, 6.07) is 9.75. The van der Waals surface area contributed by atoms with E-state index in [9.17, 15) is 9.18 Å². The number of amides is 1. The average Bonchev–Trinajstić information content (AvgIpc) is 3.32. The molecule has 1 fully saturated rings. The van der Waals surface area contributed by atoms with Gasteiger partial charge in [0.05, 0.1) is 48.4 Å². The zero-order valence-corrected chi connectivity index (χ0v) is 19.4. The van der Waals surface area contributed by atoms with E-state index >= 15 is 0 Å². The minimum absolute atomic E-state index is 0.0688. The fourth-order valence-electron chi connectivity index (χ4n) is 3.48. The molecule has 4 rings (SSSR count). The van der Waals surface area contributed by atoms with E-state index in [2.05, 4.69) is 25.3 Å². The van der Waals surface area contributed by atoms with Crippen molar-refractivity contribution in [2.45, 2.75) is 26.6 Å². The maximum Gasteiger partial charge on any atom is 0.316 e. The van der Waals surface area contributed by atoms with Gasteiger partial charge in [0.15, 0.2) is 5.82 Å². The second-order valence-corrected chi connectivity index (χ2v) is 8.28. The van der Waals surface area contributed by atoms with Crippen LogP contribution in [0.25, 0.3) is 22.6 Å². The van der Waals surface area contributed by atoms with Gasteiger partial charge in [-0.25, -0.2) is 14.4 Å². The van der Waals surface area contributed by atoms with Crippen molar-refractivity contribution in [2.24, 2.45) is 5.41 Å². The number of imidazole rings is 1. The number of carbonyl (C=O) groups excluding carboxylic acids is 1. The number of aromatic amines is 1. The zero-order valence-electron chi connectivity index (χ0n) is 19.4. The number of halogens is 1. The minimum atomic E-state index is -0.944. The fraction of sp³-hybridized carbons (Fsp3) is 0.375. The summed E-state index contributed by atoms with van der Waals surface area (Å²) < 4.78 is 30.8. The van der Waals surface area contributed by atoms with Crippen LogP contribution in [0.15, 0.2) is 36.5 Å². The number of carbonyl (C=O) groups is 1. The fourth-order valence-corrected chi connectivity index (χ4v) is 3.48. The van der Waals surface area contributed by atoms with E-state index < -0.39 is 11.7 Å². The predicted octanol–water partition coefficient (Wildman–Crippen LogP) is 3.15. The van der Waals surface area contributed by atoms with Crippen molar-refractivity contribution in [2.75, 3.05) is 26.4 Å². The molecule has 0 bridgehead atoms. The van der Waals surface area contributed by atoms with Crippen LogP contribution in [-0.2, 0) is 14.3 Å². The quantitative estimate of drug-likeness (QED) is 0.470. The van der Waals surface area contributed by atoms with Crippen molar-refractivity contribution in [1.29, 1.82) is 5.26 Å². The van der Waals surface area contributed by atoms with Gasteiger partial charge in [-0.05, 0) is 43.7 Å². The Labute approximate surface area is 201 Å². The molecule has 11 heteroatoms. The zero-order chi connectivity index (χ0) is 24.8. The summed E-state index contributed by atoms with van der Waals surface area (Å²) >= 11 is 0. The molecule has 1 aliphatic rings. The average molecular weight is 481 g/mol. The Morgan fingerprint density at radius 2 is 2.03 bits per heavy atom. The SMILES string of the molecule is CCCOc1nccc(-c2[nH]c(C3OCC(C)(C(=O)NCC#N)CO3)nc2-c2ccc(F)cc2)n1. The molecule has 0 saturated carbocycles. The van der Waals surface area contributed by atoms with Gasteiger partial charge in [0.25, 0.3) is 0 Å². The molecule has 3 heterocycles. The molecular formula is C24H25FN6O4. The van der Waals surface area contributed by atoms with Crippen LogP contribution in [0.3, 0.4) is 0 Å². The van der Waals surface area contributed by atoms with Crippen molar-refractivity contribution >= 4 is 5.91 Å². The van der Waals surface area contributed by atoms with Crippen LogP contribution in [0.4, 0.5) is 4.39 Å². The van der Waals surface area contributed by atoms with Crippen LogP contribution in [0.2, 0.25) is 0 Å². The van der Waals surface area contributed by atoms with E-state index in [0.717, 1.165) is 6.42 Å². The Bertz CT molecular complexity index is 1220. The smallest absolute Gasteiger partial charge is 0.316 e. The standard InChI is InChI=1S/C24H25FN6O4/c1-3-12-33-23-28-10-8-17(29-23)19-18(15-4-6-16(25)7-5-15)30-20(31-19)21-34-13-24(2,14-35-21)22(32)27-11-9-26/h4-8,10,21H,3,11-14H2,1-2H3,(H,27,32)(H,30,31). The molecular weight excluding hydrogens is 455 g/mol. The molecule has 1 aromatic carbocycles. The molecule has 0 spiro atoms. The van der Waals surface area contributed by atoms with Gasteiger partial charge in [0, 0.05) is 11.8 Å². The monoisotopic (exact) mass is 480 g/mol. The van der Waals surface area contributed by atoms with Crippen molar-refractivity contribution in [3.8, 4) is 34.7 Å². The Hall–Kier alpha value is -3.88. The molecule has 3 aromatic rings. The highest BCUT2D eigenvalue weighted by Crippen LogP contribution is 2.35. The second-order valence-electron chi connectivity index (χ2n) is 8.28. The topological polar surface area (TPSA) is 135 Å². The lowest BCUT2D eigenvalue weighted by Crippen LogP contribution is -2.48. The van der Waals surface area contributed by atoms with E-state index in [4.69, 9.17) is 19.5 Å². The number of hydrogen-bond donors (Lipinski definition) is 2. The summed E-state index contributed by atoms with van der Waals surface area (Å²) in [5, 5.41) is 11.2. The van der Waals surface area contributed by atoms with Crippen molar-refractivity contribution in [3.05, 3.63) is 48.2 Å². The molecule has 182 valence electrons. The number of hydrogen-bond acceptors (Lipinski definition) is 8. The summed E-state index contributed by atoms with van der Waals surface area (Å²) in [5.41, 5.74) is 1.33. The molecule has 1 saturated heterocycles. The lowest BCUT2D eigenvalue weighted by molar-refractivity contribution is -0.230. The van der Waals surface area contributed by atoms with Crippen LogP contribution in [0.1, 0.15) is 32.4 Å². The van der Waals surface area contributed by atoms with Gasteiger partial charge in [-0.15, -0.1) is 0 Å². The van der Waals surface area contributed by atoms with Gasteiger partial charge < -0.3 is 24.5 Å². The van der Waals surface area contributed by atoms with E-state index in [1.165, 1.54) is 12.1 Å². The molecule has 10 nitrogen and oxygen atoms in total. The van der Waals surface area contributed by atoms with E-state index in [-0.39, 0.29) is 37.5 Å². The summed E-state index contributed by atoms with van der Waals surface area (Å²) in [5.74, 6) is -0.324. The van der Waals surface area contributed by atoms with Crippen LogP contribution >= 0.6 is 0 Å². The minimum Gasteiger partial charge on any atom is -0.463 e. The van der Waals surface area contributed by atoms with Gasteiger partial charge in [-0.3, -0.25) is 4.79 Å². The third-order valence-electron chi connectivity index (χ3n) is 5.37. The number of rotatable bonds is 8. The number of nitriles is 1. The van der Waals surface area contributed by atoms with Gasteiger partial charge in [-0.1, -0.05) is 6.92 Å². The van der Waals surface area contributed by atoms with Gasteiger partial charge in [-0.2, -0.15) is 10.2 Å². The maximum absolute atomic E-state index is 13.6. The summed E-state index contributed by atoms with van der Waals surface area (Å²) in [4.78, 5) is 28.9. The Morgan fingerprint density at radius 3 is 2.71 bits per heavy atom. The highest BCUT2D eigenvalue weighted by Gasteiger charge is 2.40. The van der Waals surface area contributed by atoms with Crippen molar-refractivity contribution in [3.63, 3.8) is 0 Å². The third kappa shape index (κ3) is 5.45.